The fourth-order valence-corrected chi connectivity index (χ4v) is 0.778. The van der Waals surface area contributed by atoms with Crippen LogP contribution in [0.25, 0.3) is 0 Å². The average molecular weight is 204 g/mol. The number of amides is 1. The Morgan fingerprint density at radius 2 is 2.00 bits per heavy atom. The maximum atomic E-state index is 11.0. The van der Waals surface area contributed by atoms with Crippen molar-refractivity contribution < 1.29 is 19.8 Å². The number of nitrogens with one attached hydrogen (secondary N) is 1. The molecule has 6 nitrogen and oxygen atoms in total. The number of aliphatic carboxylic acids is 1. The fourth-order valence-electron chi connectivity index (χ4n) is 0.778. The normalized spacial score (nSPS) is 12.2. The Hall–Kier alpha value is -1.14. The molecule has 6 heteroatoms. The lowest BCUT2D eigenvalue weighted by Gasteiger charge is -2.12. The molecule has 0 aromatic rings. The van der Waals surface area contributed by atoms with Crippen molar-refractivity contribution in [1.29, 1.82) is 0 Å². The minimum absolute atomic E-state index is 0.101. The predicted molar refractivity (Wildman–Crippen MR) is 49.8 cm³/mol. The van der Waals surface area contributed by atoms with E-state index in [1.807, 2.05) is 0 Å². The number of aliphatic hydroxyl groups is 1. The van der Waals surface area contributed by atoms with Crippen molar-refractivity contribution in [3.8, 4) is 0 Å². The Morgan fingerprint density at radius 1 is 1.43 bits per heavy atom. The molecule has 0 fully saturated rings. The second-order valence-corrected chi connectivity index (χ2v) is 3.17. The van der Waals surface area contributed by atoms with Crippen molar-refractivity contribution in [2.75, 3.05) is 27.2 Å². The maximum Gasteiger partial charge on any atom is 0.306 e. The van der Waals surface area contributed by atoms with Crippen molar-refractivity contribution in [2.24, 2.45) is 0 Å². The average Bonchev–Trinajstić information content (AvgIpc) is 2.02. The Morgan fingerprint density at radius 3 is 2.43 bits per heavy atom. The lowest BCUT2D eigenvalue weighted by molar-refractivity contribution is -0.139. The molecule has 14 heavy (non-hydrogen) atoms. The molecule has 0 aromatic heterocycles. The van der Waals surface area contributed by atoms with Gasteiger partial charge >= 0.3 is 5.97 Å². The summed E-state index contributed by atoms with van der Waals surface area (Å²) >= 11 is 0. The standard InChI is InChI=1S/C8H16N2O4/c1-10(2)7(12)5-9-4-6(11)3-8(13)14/h6,9,11H,3-5H2,1-2H3,(H,13,14). The molecule has 82 valence electrons. The Balaban J connectivity index is 3.54. The predicted octanol–water partition coefficient (Wildman–Crippen LogP) is -1.50. The number of hydrogen-bond acceptors (Lipinski definition) is 4. The van der Waals surface area contributed by atoms with E-state index in [1.54, 1.807) is 14.1 Å². The highest BCUT2D eigenvalue weighted by Gasteiger charge is 2.10. The largest absolute Gasteiger partial charge is 0.481 e. The first-order valence-corrected chi connectivity index (χ1v) is 4.24. The third kappa shape index (κ3) is 6.38. The minimum Gasteiger partial charge on any atom is -0.481 e. The van der Waals surface area contributed by atoms with E-state index in [9.17, 15) is 9.59 Å². The molecule has 0 bridgehead atoms. The fraction of sp³-hybridized carbons (Fsp3) is 0.750. The van der Waals surface area contributed by atoms with Crippen LogP contribution in [0.15, 0.2) is 0 Å². The van der Waals surface area contributed by atoms with Gasteiger partial charge in [0.15, 0.2) is 0 Å². The van der Waals surface area contributed by atoms with Crippen molar-refractivity contribution in [1.82, 2.24) is 10.2 Å². The molecular weight excluding hydrogens is 188 g/mol. The van der Waals surface area contributed by atoms with Gasteiger partial charge in [-0.05, 0) is 0 Å². The van der Waals surface area contributed by atoms with Gasteiger partial charge in [-0.3, -0.25) is 9.59 Å². The van der Waals surface area contributed by atoms with E-state index in [0.29, 0.717) is 0 Å². The van der Waals surface area contributed by atoms with Gasteiger partial charge in [0.2, 0.25) is 5.91 Å². The first-order chi connectivity index (χ1) is 6.43. The van der Waals surface area contributed by atoms with Crippen LogP contribution >= 0.6 is 0 Å². The second-order valence-electron chi connectivity index (χ2n) is 3.17. The van der Waals surface area contributed by atoms with Crippen molar-refractivity contribution in [3.05, 3.63) is 0 Å². The summed E-state index contributed by atoms with van der Waals surface area (Å²) in [7, 11) is 3.25. The monoisotopic (exact) mass is 204 g/mol. The van der Waals surface area contributed by atoms with Gasteiger partial charge in [0, 0.05) is 20.6 Å². The summed E-state index contributed by atoms with van der Waals surface area (Å²) in [5.74, 6) is -1.18. The molecule has 0 aliphatic rings. The molecule has 0 aliphatic heterocycles. The molecule has 0 radical (unpaired) electrons. The summed E-state index contributed by atoms with van der Waals surface area (Å²) in [5.41, 5.74) is 0. The molecule has 0 aliphatic carbocycles. The van der Waals surface area contributed by atoms with Gasteiger partial charge in [-0.2, -0.15) is 0 Å². The highest BCUT2D eigenvalue weighted by atomic mass is 16.4. The number of nitrogens with zero attached hydrogens (tertiary/aromatic N) is 1. The van der Waals surface area contributed by atoms with Gasteiger partial charge in [-0.1, -0.05) is 0 Å². The van der Waals surface area contributed by atoms with E-state index in [1.165, 1.54) is 4.90 Å². The number of carbonyl (C=O) groups excluding carboxylic acids is 1. The molecule has 0 saturated heterocycles. The Bertz CT molecular complexity index is 206. The summed E-state index contributed by atoms with van der Waals surface area (Å²) < 4.78 is 0. The van der Waals surface area contributed by atoms with E-state index in [0.717, 1.165) is 0 Å². The summed E-state index contributed by atoms with van der Waals surface area (Å²) in [5, 5.41) is 20.1. The number of hydrogen-bond donors (Lipinski definition) is 3. The van der Waals surface area contributed by atoms with Crippen LogP contribution in [0.1, 0.15) is 6.42 Å². The molecule has 1 unspecified atom stereocenters. The van der Waals surface area contributed by atoms with Crippen molar-refractivity contribution in [3.63, 3.8) is 0 Å². The SMILES string of the molecule is CN(C)C(=O)CNCC(O)CC(=O)O. The minimum atomic E-state index is -1.06. The van der Waals surface area contributed by atoms with E-state index in [4.69, 9.17) is 10.2 Å². The summed E-state index contributed by atoms with van der Waals surface area (Å²) in [6.07, 6.45) is -1.27. The van der Waals surface area contributed by atoms with Crippen LogP contribution in [0.3, 0.4) is 0 Å². The third-order valence-corrected chi connectivity index (χ3v) is 1.57. The van der Waals surface area contributed by atoms with E-state index in [2.05, 4.69) is 5.32 Å². The smallest absolute Gasteiger partial charge is 0.306 e. The van der Waals surface area contributed by atoms with Crippen LogP contribution in [0.2, 0.25) is 0 Å². The van der Waals surface area contributed by atoms with E-state index in [-0.39, 0.29) is 25.4 Å². The summed E-state index contributed by atoms with van der Waals surface area (Å²) in [4.78, 5) is 22.6. The lowest BCUT2D eigenvalue weighted by Crippen LogP contribution is -2.37. The van der Waals surface area contributed by atoms with Gasteiger partial charge < -0.3 is 20.4 Å². The van der Waals surface area contributed by atoms with Crippen LogP contribution in [0, 0.1) is 0 Å². The van der Waals surface area contributed by atoms with Crippen LogP contribution in [-0.4, -0.2) is 60.3 Å². The molecule has 0 saturated carbocycles. The van der Waals surface area contributed by atoms with Crippen LogP contribution in [0.5, 0.6) is 0 Å². The second kappa shape index (κ2) is 6.33. The van der Waals surface area contributed by atoms with E-state index >= 15 is 0 Å². The number of carboxylic acid groups (broad SMARTS) is 1. The van der Waals surface area contributed by atoms with Crippen LogP contribution < -0.4 is 5.32 Å². The lowest BCUT2D eigenvalue weighted by atomic mass is 10.2. The molecular formula is C8H16N2O4. The first-order valence-electron chi connectivity index (χ1n) is 4.24. The van der Waals surface area contributed by atoms with E-state index < -0.39 is 12.1 Å². The highest BCUT2D eigenvalue weighted by molar-refractivity contribution is 5.77. The molecule has 3 N–H and O–H groups in total. The summed E-state index contributed by atoms with van der Waals surface area (Å²) in [6.45, 7) is 0.204. The Labute approximate surface area is 82.5 Å². The molecule has 0 heterocycles. The molecule has 1 amide bonds. The van der Waals surface area contributed by atoms with Crippen LogP contribution in [0.4, 0.5) is 0 Å². The zero-order valence-corrected chi connectivity index (χ0v) is 8.36. The number of carbonyl (C=O) groups is 2. The molecule has 0 rings (SSSR count). The molecule has 0 aromatic carbocycles. The first kappa shape index (κ1) is 12.9. The zero-order valence-electron chi connectivity index (χ0n) is 8.36. The third-order valence-electron chi connectivity index (χ3n) is 1.57. The van der Waals surface area contributed by atoms with Crippen molar-refractivity contribution >= 4 is 11.9 Å². The molecule has 0 spiro atoms. The maximum absolute atomic E-state index is 11.0. The number of likely N-dealkylation sites (N-methyl/N-ethyl adjacent to an activating group) is 1. The van der Waals surface area contributed by atoms with Gasteiger partial charge in [-0.15, -0.1) is 0 Å². The molecule has 1 atom stereocenters. The van der Waals surface area contributed by atoms with Gasteiger partial charge in [0.1, 0.15) is 0 Å². The topological polar surface area (TPSA) is 89.9 Å². The number of aliphatic hydroxyl groups excluding tert-OH is 1. The quantitative estimate of drug-likeness (QED) is 0.490. The van der Waals surface area contributed by atoms with Crippen LogP contribution in [-0.2, 0) is 9.59 Å². The number of carboxylic acids is 1. The highest BCUT2D eigenvalue weighted by Crippen LogP contribution is 1.88. The zero-order chi connectivity index (χ0) is 11.1. The van der Waals surface area contributed by atoms with Crippen molar-refractivity contribution in [2.45, 2.75) is 12.5 Å². The number of rotatable bonds is 6. The summed E-state index contributed by atoms with van der Waals surface area (Å²) in [6, 6.07) is 0. The Kier molecular flexibility index (Phi) is 5.82. The van der Waals surface area contributed by atoms with Gasteiger partial charge in [-0.25, -0.2) is 0 Å². The van der Waals surface area contributed by atoms with Gasteiger partial charge in [0.25, 0.3) is 0 Å². The van der Waals surface area contributed by atoms with Gasteiger partial charge in [0.05, 0.1) is 19.1 Å².